The minimum absolute atomic E-state index is 0.378. The van der Waals surface area contributed by atoms with Crippen molar-refractivity contribution in [3.05, 3.63) is 47.2 Å². The Labute approximate surface area is 104 Å². The molecule has 0 radical (unpaired) electrons. The van der Waals surface area contributed by atoms with E-state index in [2.05, 4.69) is 15.4 Å². The first kappa shape index (κ1) is 11.6. The number of nitrogens with one attached hydrogen (secondary N) is 1. The molecule has 0 atom stereocenters. The van der Waals surface area contributed by atoms with Gasteiger partial charge in [-0.1, -0.05) is 23.7 Å². The van der Waals surface area contributed by atoms with Crippen molar-refractivity contribution in [1.82, 2.24) is 9.97 Å². The minimum Gasteiger partial charge on any atom is -0.472 e. The molecule has 0 unspecified atom stereocenters. The van der Waals surface area contributed by atoms with Gasteiger partial charge in [-0.05, 0) is 17.7 Å². The molecule has 0 aliphatic carbocycles. The van der Waals surface area contributed by atoms with Gasteiger partial charge in [0, 0.05) is 5.02 Å². The summed E-state index contributed by atoms with van der Waals surface area (Å²) in [5, 5.41) is 0.676. The number of hydrogen-bond acceptors (Lipinski definition) is 5. The van der Waals surface area contributed by atoms with E-state index in [9.17, 15) is 0 Å². The monoisotopic (exact) mass is 250 g/mol. The Morgan fingerprint density at radius 1 is 1.35 bits per heavy atom. The van der Waals surface area contributed by atoms with Crippen LogP contribution >= 0.6 is 11.6 Å². The van der Waals surface area contributed by atoms with E-state index >= 15 is 0 Å². The normalized spacial score (nSPS) is 10.0. The molecule has 1 heterocycles. The van der Waals surface area contributed by atoms with Gasteiger partial charge in [-0.25, -0.2) is 5.84 Å². The average molecular weight is 251 g/mol. The smallest absolute Gasteiger partial charge is 0.234 e. The van der Waals surface area contributed by atoms with E-state index in [-0.39, 0.29) is 0 Å². The first-order valence-electron chi connectivity index (χ1n) is 4.94. The molecule has 0 bridgehead atoms. The SMILES string of the molecule is NNc1cncc(OCc2cccc(Cl)c2)n1. The Kier molecular flexibility index (Phi) is 3.74. The summed E-state index contributed by atoms with van der Waals surface area (Å²) in [6.45, 7) is 0.378. The number of hydrazine groups is 1. The van der Waals surface area contributed by atoms with E-state index in [1.54, 1.807) is 0 Å². The van der Waals surface area contributed by atoms with Crippen LogP contribution in [0.3, 0.4) is 0 Å². The maximum absolute atomic E-state index is 5.86. The Morgan fingerprint density at radius 3 is 3.00 bits per heavy atom. The van der Waals surface area contributed by atoms with Gasteiger partial charge in [0.1, 0.15) is 6.61 Å². The third kappa shape index (κ3) is 3.30. The lowest BCUT2D eigenvalue weighted by Gasteiger charge is -2.06. The van der Waals surface area contributed by atoms with Crippen molar-refractivity contribution < 1.29 is 4.74 Å². The number of anilines is 1. The highest BCUT2D eigenvalue weighted by Gasteiger charge is 2.00. The minimum atomic E-state index is 0.378. The molecule has 2 rings (SSSR count). The molecule has 5 nitrogen and oxygen atoms in total. The zero-order chi connectivity index (χ0) is 12.1. The standard InChI is InChI=1S/C11H11ClN4O/c12-9-3-1-2-8(4-9)7-17-11-6-14-5-10(15-11)16-13/h1-6H,7,13H2,(H,15,16). The Balaban J connectivity index is 2.02. The van der Waals surface area contributed by atoms with Gasteiger partial charge in [0.25, 0.3) is 0 Å². The Bertz CT molecular complexity index is 506. The van der Waals surface area contributed by atoms with Crippen LogP contribution in [0.2, 0.25) is 5.02 Å². The average Bonchev–Trinajstić information content (AvgIpc) is 2.37. The topological polar surface area (TPSA) is 73.1 Å². The van der Waals surface area contributed by atoms with Crippen molar-refractivity contribution >= 4 is 17.4 Å². The molecule has 88 valence electrons. The van der Waals surface area contributed by atoms with E-state index < -0.39 is 0 Å². The molecule has 0 saturated carbocycles. The maximum Gasteiger partial charge on any atom is 0.234 e. The van der Waals surface area contributed by atoms with Crippen molar-refractivity contribution in [1.29, 1.82) is 0 Å². The molecule has 0 amide bonds. The summed E-state index contributed by atoms with van der Waals surface area (Å²) in [5.74, 6) is 6.08. The summed E-state index contributed by atoms with van der Waals surface area (Å²) >= 11 is 5.86. The van der Waals surface area contributed by atoms with Crippen molar-refractivity contribution in [2.75, 3.05) is 5.43 Å². The van der Waals surface area contributed by atoms with Crippen LogP contribution in [0, 0.1) is 0 Å². The number of nitrogen functional groups attached to an aromatic ring is 1. The van der Waals surface area contributed by atoms with Crippen molar-refractivity contribution in [3.63, 3.8) is 0 Å². The molecule has 0 spiro atoms. The van der Waals surface area contributed by atoms with Crippen LogP contribution in [-0.2, 0) is 6.61 Å². The van der Waals surface area contributed by atoms with Gasteiger partial charge in [0.15, 0.2) is 5.82 Å². The molecule has 0 aliphatic heterocycles. The van der Waals surface area contributed by atoms with E-state index in [0.29, 0.717) is 23.3 Å². The second-order valence-corrected chi connectivity index (χ2v) is 3.74. The molecule has 0 aliphatic rings. The van der Waals surface area contributed by atoms with Gasteiger partial charge < -0.3 is 10.2 Å². The molecule has 1 aromatic heterocycles. The molecule has 0 saturated heterocycles. The number of halogens is 1. The van der Waals surface area contributed by atoms with Gasteiger partial charge in [0.2, 0.25) is 5.88 Å². The maximum atomic E-state index is 5.86. The molecule has 2 aromatic rings. The number of nitrogens with zero attached hydrogens (tertiary/aromatic N) is 2. The lowest BCUT2D eigenvalue weighted by atomic mass is 10.2. The van der Waals surface area contributed by atoms with Gasteiger partial charge in [-0.2, -0.15) is 4.98 Å². The summed E-state index contributed by atoms with van der Waals surface area (Å²) < 4.78 is 5.46. The summed E-state index contributed by atoms with van der Waals surface area (Å²) in [6.07, 6.45) is 3.03. The summed E-state index contributed by atoms with van der Waals surface area (Å²) in [6, 6.07) is 7.43. The van der Waals surface area contributed by atoms with E-state index in [0.717, 1.165) is 5.56 Å². The molecular formula is C11H11ClN4O. The van der Waals surface area contributed by atoms with Gasteiger partial charge in [-0.15, -0.1) is 0 Å². The quantitative estimate of drug-likeness (QED) is 0.641. The highest BCUT2D eigenvalue weighted by atomic mass is 35.5. The van der Waals surface area contributed by atoms with Gasteiger partial charge in [-0.3, -0.25) is 4.98 Å². The number of aromatic nitrogens is 2. The Morgan fingerprint density at radius 2 is 2.24 bits per heavy atom. The fraction of sp³-hybridized carbons (Fsp3) is 0.0909. The third-order valence-corrected chi connectivity index (χ3v) is 2.27. The number of nitrogens with two attached hydrogens (primary N) is 1. The second-order valence-electron chi connectivity index (χ2n) is 3.31. The van der Waals surface area contributed by atoms with Crippen molar-refractivity contribution in [2.45, 2.75) is 6.61 Å². The van der Waals surface area contributed by atoms with Gasteiger partial charge >= 0.3 is 0 Å². The van der Waals surface area contributed by atoms with Crippen LogP contribution in [-0.4, -0.2) is 9.97 Å². The zero-order valence-electron chi connectivity index (χ0n) is 8.93. The highest BCUT2D eigenvalue weighted by molar-refractivity contribution is 6.30. The Hall–Kier alpha value is -1.85. The van der Waals surface area contributed by atoms with E-state index in [1.807, 2.05) is 24.3 Å². The number of ether oxygens (including phenoxy) is 1. The molecule has 0 fully saturated rings. The first-order chi connectivity index (χ1) is 8.28. The van der Waals surface area contributed by atoms with Crippen LogP contribution < -0.4 is 16.0 Å². The number of hydrogen-bond donors (Lipinski definition) is 2. The van der Waals surface area contributed by atoms with Crippen LogP contribution in [0.15, 0.2) is 36.7 Å². The zero-order valence-corrected chi connectivity index (χ0v) is 9.69. The summed E-state index contributed by atoms with van der Waals surface area (Å²) in [4.78, 5) is 8.00. The van der Waals surface area contributed by atoms with Gasteiger partial charge in [0.05, 0.1) is 12.4 Å². The molecule has 17 heavy (non-hydrogen) atoms. The van der Waals surface area contributed by atoms with E-state index in [1.165, 1.54) is 12.4 Å². The van der Waals surface area contributed by atoms with Crippen LogP contribution in [0.4, 0.5) is 5.82 Å². The highest BCUT2D eigenvalue weighted by Crippen LogP contribution is 2.14. The lowest BCUT2D eigenvalue weighted by molar-refractivity contribution is 0.293. The van der Waals surface area contributed by atoms with Crippen LogP contribution in [0.25, 0.3) is 0 Å². The fourth-order valence-electron chi connectivity index (χ4n) is 1.27. The predicted octanol–water partition coefficient (Wildman–Crippen LogP) is 1.99. The largest absolute Gasteiger partial charge is 0.472 e. The van der Waals surface area contributed by atoms with Crippen LogP contribution in [0.5, 0.6) is 5.88 Å². The predicted molar refractivity (Wildman–Crippen MR) is 65.6 cm³/mol. The number of benzene rings is 1. The van der Waals surface area contributed by atoms with Crippen molar-refractivity contribution in [3.8, 4) is 5.88 Å². The molecular weight excluding hydrogens is 240 g/mol. The molecule has 1 aromatic carbocycles. The third-order valence-electron chi connectivity index (χ3n) is 2.04. The van der Waals surface area contributed by atoms with Crippen LogP contribution in [0.1, 0.15) is 5.56 Å². The number of rotatable bonds is 4. The lowest BCUT2D eigenvalue weighted by Crippen LogP contribution is -2.09. The molecule has 3 N–H and O–H groups in total. The molecule has 6 heteroatoms. The summed E-state index contributed by atoms with van der Waals surface area (Å²) in [5.41, 5.74) is 3.36. The second kappa shape index (κ2) is 5.47. The van der Waals surface area contributed by atoms with E-state index in [4.69, 9.17) is 22.2 Å². The first-order valence-corrected chi connectivity index (χ1v) is 5.31. The summed E-state index contributed by atoms with van der Waals surface area (Å²) in [7, 11) is 0. The fourth-order valence-corrected chi connectivity index (χ4v) is 1.48. The van der Waals surface area contributed by atoms with Crippen molar-refractivity contribution in [2.24, 2.45) is 5.84 Å².